The highest BCUT2D eigenvalue weighted by Gasteiger charge is 2.17. The van der Waals surface area contributed by atoms with E-state index in [0.29, 0.717) is 0 Å². The molecule has 19 heavy (non-hydrogen) atoms. The third kappa shape index (κ3) is 3.42. The third-order valence-electron chi connectivity index (χ3n) is 2.95. The Morgan fingerprint density at radius 2 is 2.21 bits per heavy atom. The fraction of sp³-hybridized carbons (Fsp3) is 0.429. The largest absolute Gasteiger partial charge is 0.305 e. The maximum absolute atomic E-state index is 4.40. The number of aromatic nitrogens is 3. The van der Waals surface area contributed by atoms with Gasteiger partial charge in [-0.05, 0) is 46.6 Å². The molecule has 0 bridgehead atoms. The molecule has 0 fully saturated rings. The highest BCUT2D eigenvalue weighted by molar-refractivity contribution is 9.10. The molecule has 0 aliphatic rings. The topological polar surface area (TPSA) is 42.7 Å². The zero-order valence-electron chi connectivity index (χ0n) is 11.3. The van der Waals surface area contributed by atoms with Crippen LogP contribution in [-0.4, -0.2) is 21.3 Å². The number of halogens is 1. The van der Waals surface area contributed by atoms with Gasteiger partial charge in [0.25, 0.3) is 0 Å². The molecule has 2 aromatic heterocycles. The standard InChI is InChI=1S/C14H19BrN4/c1-3-7-19-13(5-6-18-19)14(17-4-2)11-8-12(15)10-16-9-11/h5-6,8-10,14,17H,3-4,7H2,1-2H3. The number of nitrogens with zero attached hydrogens (tertiary/aromatic N) is 3. The van der Waals surface area contributed by atoms with Gasteiger partial charge in [0.2, 0.25) is 0 Å². The summed E-state index contributed by atoms with van der Waals surface area (Å²) in [6, 6.07) is 4.30. The molecule has 0 aliphatic carbocycles. The van der Waals surface area contributed by atoms with Gasteiger partial charge < -0.3 is 5.32 Å². The van der Waals surface area contributed by atoms with Crippen molar-refractivity contribution in [2.75, 3.05) is 6.54 Å². The first-order valence-corrected chi connectivity index (χ1v) is 7.41. The number of aryl methyl sites for hydroxylation is 1. The summed E-state index contributed by atoms with van der Waals surface area (Å²) in [5, 5.41) is 7.91. The second-order valence-electron chi connectivity index (χ2n) is 4.41. The van der Waals surface area contributed by atoms with E-state index in [9.17, 15) is 0 Å². The summed E-state index contributed by atoms with van der Waals surface area (Å²) >= 11 is 3.48. The molecule has 2 aromatic rings. The van der Waals surface area contributed by atoms with Gasteiger partial charge in [0, 0.05) is 29.6 Å². The minimum Gasteiger partial charge on any atom is -0.305 e. The highest BCUT2D eigenvalue weighted by Crippen LogP contribution is 2.23. The minimum absolute atomic E-state index is 0.129. The quantitative estimate of drug-likeness (QED) is 0.888. The van der Waals surface area contributed by atoms with Gasteiger partial charge in [-0.25, -0.2) is 0 Å². The summed E-state index contributed by atoms with van der Waals surface area (Å²) < 4.78 is 3.06. The van der Waals surface area contributed by atoms with Gasteiger partial charge in [-0.2, -0.15) is 5.10 Å². The van der Waals surface area contributed by atoms with Crippen molar-refractivity contribution in [1.82, 2.24) is 20.1 Å². The fourth-order valence-corrected chi connectivity index (χ4v) is 2.55. The Balaban J connectivity index is 2.36. The lowest BCUT2D eigenvalue weighted by Gasteiger charge is -2.19. The molecule has 0 aromatic carbocycles. The Morgan fingerprint density at radius 3 is 2.89 bits per heavy atom. The molecule has 102 valence electrons. The lowest BCUT2D eigenvalue weighted by molar-refractivity contribution is 0.519. The number of rotatable bonds is 6. The highest BCUT2D eigenvalue weighted by atomic mass is 79.9. The molecule has 2 rings (SSSR count). The Bertz CT molecular complexity index is 524. The zero-order valence-corrected chi connectivity index (χ0v) is 12.9. The van der Waals surface area contributed by atoms with Crippen molar-refractivity contribution >= 4 is 15.9 Å². The molecule has 0 saturated carbocycles. The van der Waals surface area contributed by atoms with Gasteiger partial charge in [-0.15, -0.1) is 0 Å². The molecule has 0 saturated heterocycles. The molecule has 0 amide bonds. The molecule has 0 aliphatic heterocycles. The van der Waals surface area contributed by atoms with Gasteiger partial charge in [0.05, 0.1) is 11.7 Å². The third-order valence-corrected chi connectivity index (χ3v) is 3.38. The Kier molecular flexibility index (Phi) is 5.10. The monoisotopic (exact) mass is 322 g/mol. The number of hydrogen-bond acceptors (Lipinski definition) is 3. The average Bonchev–Trinajstić information content (AvgIpc) is 2.84. The van der Waals surface area contributed by atoms with Crippen molar-refractivity contribution in [1.29, 1.82) is 0 Å². The van der Waals surface area contributed by atoms with Crippen molar-refractivity contribution in [2.45, 2.75) is 32.9 Å². The van der Waals surface area contributed by atoms with Crippen molar-refractivity contribution in [3.05, 3.63) is 46.5 Å². The maximum Gasteiger partial charge on any atom is 0.0763 e. The summed E-state index contributed by atoms with van der Waals surface area (Å²) in [5.74, 6) is 0. The van der Waals surface area contributed by atoms with Crippen LogP contribution in [0.15, 0.2) is 35.2 Å². The molecule has 1 N–H and O–H groups in total. The number of nitrogens with one attached hydrogen (secondary N) is 1. The van der Waals surface area contributed by atoms with Crippen molar-refractivity contribution < 1.29 is 0 Å². The molecule has 5 heteroatoms. The second-order valence-corrected chi connectivity index (χ2v) is 5.32. The van der Waals surface area contributed by atoms with Crippen LogP contribution in [0.2, 0.25) is 0 Å². The van der Waals surface area contributed by atoms with Gasteiger partial charge >= 0.3 is 0 Å². The molecule has 1 atom stereocenters. The molecule has 0 spiro atoms. The number of hydrogen-bond donors (Lipinski definition) is 1. The van der Waals surface area contributed by atoms with Gasteiger partial charge in [0.1, 0.15) is 0 Å². The fourth-order valence-electron chi connectivity index (χ4n) is 2.17. The average molecular weight is 323 g/mol. The lowest BCUT2D eigenvalue weighted by atomic mass is 10.1. The Labute approximate surface area is 122 Å². The molecule has 0 radical (unpaired) electrons. The first-order chi connectivity index (χ1) is 9.26. The lowest BCUT2D eigenvalue weighted by Crippen LogP contribution is -2.25. The predicted molar refractivity (Wildman–Crippen MR) is 80.0 cm³/mol. The van der Waals surface area contributed by atoms with E-state index in [4.69, 9.17) is 0 Å². The molecule has 2 heterocycles. The normalized spacial score (nSPS) is 12.6. The van der Waals surface area contributed by atoms with Crippen molar-refractivity contribution in [3.63, 3.8) is 0 Å². The zero-order chi connectivity index (χ0) is 13.7. The minimum atomic E-state index is 0.129. The van der Waals surface area contributed by atoms with Crippen LogP contribution in [0, 0.1) is 0 Å². The van der Waals surface area contributed by atoms with E-state index in [0.717, 1.165) is 29.5 Å². The first kappa shape index (κ1) is 14.2. The second kappa shape index (κ2) is 6.82. The van der Waals surface area contributed by atoms with Crippen LogP contribution in [0.5, 0.6) is 0 Å². The van der Waals surface area contributed by atoms with Crippen LogP contribution in [0.3, 0.4) is 0 Å². The summed E-state index contributed by atoms with van der Waals surface area (Å²) in [6.07, 6.45) is 6.64. The van der Waals surface area contributed by atoms with Crippen molar-refractivity contribution in [2.24, 2.45) is 0 Å². The predicted octanol–water partition coefficient (Wildman–Crippen LogP) is 3.15. The summed E-state index contributed by atoms with van der Waals surface area (Å²) in [7, 11) is 0. The Morgan fingerprint density at radius 1 is 1.37 bits per heavy atom. The van der Waals surface area contributed by atoms with E-state index >= 15 is 0 Å². The summed E-state index contributed by atoms with van der Waals surface area (Å²) in [6.45, 7) is 6.10. The van der Waals surface area contributed by atoms with Crippen LogP contribution in [-0.2, 0) is 6.54 Å². The molecular formula is C14H19BrN4. The van der Waals surface area contributed by atoms with Gasteiger partial charge in [-0.3, -0.25) is 9.67 Å². The molecule has 4 nitrogen and oxygen atoms in total. The smallest absolute Gasteiger partial charge is 0.0763 e. The van der Waals surface area contributed by atoms with Gasteiger partial charge in [-0.1, -0.05) is 13.8 Å². The SMILES string of the molecule is CCCn1nccc1C(NCC)c1cncc(Br)c1. The first-order valence-electron chi connectivity index (χ1n) is 6.61. The van der Waals surface area contributed by atoms with E-state index in [1.54, 1.807) is 6.20 Å². The molecular weight excluding hydrogens is 304 g/mol. The van der Waals surface area contributed by atoms with E-state index in [1.165, 1.54) is 5.69 Å². The van der Waals surface area contributed by atoms with E-state index < -0.39 is 0 Å². The molecule has 1 unspecified atom stereocenters. The summed E-state index contributed by atoms with van der Waals surface area (Å²) in [4.78, 5) is 4.26. The van der Waals surface area contributed by atoms with Crippen LogP contribution >= 0.6 is 15.9 Å². The maximum atomic E-state index is 4.40. The van der Waals surface area contributed by atoms with Gasteiger partial charge in [0.15, 0.2) is 0 Å². The Hall–Kier alpha value is -1.20. The van der Waals surface area contributed by atoms with E-state index in [2.05, 4.69) is 62.0 Å². The van der Waals surface area contributed by atoms with E-state index in [-0.39, 0.29) is 6.04 Å². The number of pyridine rings is 1. The van der Waals surface area contributed by atoms with Crippen LogP contribution in [0.1, 0.15) is 37.6 Å². The van der Waals surface area contributed by atoms with Crippen LogP contribution in [0.25, 0.3) is 0 Å². The summed E-state index contributed by atoms with van der Waals surface area (Å²) in [5.41, 5.74) is 2.33. The van der Waals surface area contributed by atoms with Crippen LogP contribution in [0.4, 0.5) is 0 Å². The van der Waals surface area contributed by atoms with Crippen LogP contribution < -0.4 is 5.32 Å². The van der Waals surface area contributed by atoms with E-state index in [1.807, 2.05) is 12.4 Å². The van der Waals surface area contributed by atoms with Crippen molar-refractivity contribution in [3.8, 4) is 0 Å².